The van der Waals surface area contributed by atoms with Gasteiger partial charge < -0.3 is 9.73 Å². The van der Waals surface area contributed by atoms with Crippen LogP contribution in [0.5, 0.6) is 0 Å². The molecular weight excluding hydrogens is 308 g/mol. The number of aryl methyl sites for hydroxylation is 1. The van der Waals surface area contributed by atoms with E-state index in [1.807, 2.05) is 26.1 Å². The van der Waals surface area contributed by atoms with Gasteiger partial charge in [-0.1, -0.05) is 0 Å². The minimum absolute atomic E-state index is 0.146. The van der Waals surface area contributed by atoms with E-state index in [0.29, 0.717) is 24.3 Å². The third-order valence-electron chi connectivity index (χ3n) is 3.05. The third-order valence-corrected chi connectivity index (χ3v) is 5.71. The monoisotopic (exact) mass is 328 g/mol. The van der Waals surface area contributed by atoms with Crippen molar-refractivity contribution >= 4 is 21.4 Å². The van der Waals surface area contributed by atoms with Gasteiger partial charge in [0.15, 0.2) is 0 Å². The zero-order valence-corrected chi connectivity index (χ0v) is 13.8. The molecule has 1 unspecified atom stereocenters. The lowest BCUT2D eigenvalue weighted by atomic mass is 10.2. The molecule has 2 rings (SSSR count). The molecule has 0 aliphatic rings. The van der Waals surface area contributed by atoms with Crippen LogP contribution >= 0.6 is 11.3 Å². The van der Waals surface area contributed by atoms with E-state index in [0.717, 1.165) is 10.6 Å². The van der Waals surface area contributed by atoms with Gasteiger partial charge in [-0.15, -0.1) is 11.3 Å². The summed E-state index contributed by atoms with van der Waals surface area (Å²) in [6, 6.07) is 5.29. The molecule has 0 aromatic carbocycles. The Morgan fingerprint density at radius 3 is 2.90 bits per heavy atom. The second kappa shape index (κ2) is 7.22. The number of hydrogen-bond acceptors (Lipinski definition) is 5. The fraction of sp³-hybridized carbons (Fsp3) is 0.429. The molecule has 0 fully saturated rings. The highest BCUT2D eigenvalue weighted by atomic mass is 32.2. The van der Waals surface area contributed by atoms with Gasteiger partial charge in [0, 0.05) is 29.3 Å². The topological polar surface area (TPSA) is 71.3 Å². The van der Waals surface area contributed by atoms with Gasteiger partial charge in [-0.2, -0.15) is 0 Å². The van der Waals surface area contributed by atoms with E-state index in [2.05, 4.69) is 10.0 Å². The highest BCUT2D eigenvalue weighted by Crippen LogP contribution is 2.19. The molecule has 0 bridgehead atoms. The van der Waals surface area contributed by atoms with Crippen LogP contribution in [0.3, 0.4) is 0 Å². The number of rotatable bonds is 8. The summed E-state index contributed by atoms with van der Waals surface area (Å²) in [6.45, 7) is 2.54. The van der Waals surface area contributed by atoms with Gasteiger partial charge in [-0.05, 0) is 38.6 Å². The quantitative estimate of drug-likeness (QED) is 0.780. The van der Waals surface area contributed by atoms with Crippen LogP contribution in [0.25, 0.3) is 0 Å². The lowest BCUT2D eigenvalue weighted by Gasteiger charge is -2.12. The smallest absolute Gasteiger partial charge is 0.241 e. The zero-order valence-electron chi connectivity index (χ0n) is 12.1. The maximum absolute atomic E-state index is 12.3. The Hall–Kier alpha value is -1.15. The summed E-state index contributed by atoms with van der Waals surface area (Å²) in [5, 5.41) is 4.69. The normalized spacial score (nSPS) is 13.4. The van der Waals surface area contributed by atoms with Crippen LogP contribution in [0.4, 0.5) is 0 Å². The summed E-state index contributed by atoms with van der Waals surface area (Å²) in [5.41, 5.74) is 0. The summed E-state index contributed by atoms with van der Waals surface area (Å²) < 4.78 is 32.5. The van der Waals surface area contributed by atoms with E-state index in [-0.39, 0.29) is 6.04 Å². The lowest BCUT2D eigenvalue weighted by Crippen LogP contribution is -2.32. The molecule has 0 spiro atoms. The van der Waals surface area contributed by atoms with E-state index in [4.69, 9.17) is 4.42 Å². The molecule has 21 heavy (non-hydrogen) atoms. The van der Waals surface area contributed by atoms with Crippen molar-refractivity contribution in [3.63, 3.8) is 0 Å². The average Bonchev–Trinajstić information content (AvgIpc) is 3.07. The van der Waals surface area contributed by atoms with Crippen LogP contribution in [0.1, 0.15) is 24.0 Å². The predicted molar refractivity (Wildman–Crippen MR) is 83.9 cm³/mol. The molecule has 2 heterocycles. The molecule has 0 saturated heterocycles. The fourth-order valence-corrected chi connectivity index (χ4v) is 4.54. The van der Waals surface area contributed by atoms with Crippen LogP contribution in [-0.2, 0) is 23.0 Å². The molecule has 1 atom stereocenters. The Labute approximate surface area is 129 Å². The number of sulfonamides is 1. The lowest BCUT2D eigenvalue weighted by molar-refractivity contribution is 0.480. The molecule has 2 aromatic rings. The number of hydrogen-bond donors (Lipinski definition) is 2. The minimum Gasteiger partial charge on any atom is -0.469 e. The van der Waals surface area contributed by atoms with Crippen LogP contribution in [0.2, 0.25) is 0 Å². The van der Waals surface area contributed by atoms with Crippen molar-refractivity contribution in [2.24, 2.45) is 0 Å². The fourth-order valence-electron chi connectivity index (χ4n) is 1.97. The third kappa shape index (κ3) is 4.67. The van der Waals surface area contributed by atoms with Gasteiger partial charge >= 0.3 is 0 Å². The molecular formula is C14H20N2O3S2. The first-order chi connectivity index (χ1) is 10.0. The van der Waals surface area contributed by atoms with E-state index in [1.165, 1.54) is 11.3 Å². The van der Waals surface area contributed by atoms with Gasteiger partial charge in [0.25, 0.3) is 0 Å². The van der Waals surface area contributed by atoms with E-state index in [9.17, 15) is 8.42 Å². The van der Waals surface area contributed by atoms with Crippen LogP contribution in [0, 0.1) is 0 Å². The maximum Gasteiger partial charge on any atom is 0.241 e. The first kappa shape index (κ1) is 16.2. The van der Waals surface area contributed by atoms with Gasteiger partial charge in [-0.3, -0.25) is 0 Å². The molecule has 0 saturated carbocycles. The van der Waals surface area contributed by atoms with E-state index >= 15 is 0 Å². The van der Waals surface area contributed by atoms with Crippen LogP contribution in [0.15, 0.2) is 39.2 Å². The highest BCUT2D eigenvalue weighted by molar-refractivity contribution is 7.89. The van der Waals surface area contributed by atoms with Crippen LogP contribution in [-0.4, -0.2) is 21.5 Å². The molecule has 0 radical (unpaired) electrons. The molecule has 2 aromatic heterocycles. The Bertz CT molecular complexity index is 648. The summed E-state index contributed by atoms with van der Waals surface area (Å²) in [6.07, 6.45) is 3.03. The van der Waals surface area contributed by atoms with Crippen molar-refractivity contribution in [2.75, 3.05) is 7.05 Å². The largest absolute Gasteiger partial charge is 0.469 e. The number of nitrogens with one attached hydrogen (secondary N) is 2. The predicted octanol–water partition coefficient (Wildman–Crippen LogP) is 2.36. The summed E-state index contributed by atoms with van der Waals surface area (Å²) in [7, 11) is -1.61. The first-order valence-electron chi connectivity index (χ1n) is 6.78. The van der Waals surface area contributed by atoms with Gasteiger partial charge in [0.05, 0.1) is 11.2 Å². The van der Waals surface area contributed by atoms with Crippen molar-refractivity contribution in [3.05, 3.63) is 40.5 Å². The molecule has 2 N–H and O–H groups in total. The average molecular weight is 328 g/mol. The minimum atomic E-state index is -3.45. The van der Waals surface area contributed by atoms with Gasteiger partial charge in [0.1, 0.15) is 5.76 Å². The molecule has 5 nitrogen and oxygen atoms in total. The molecule has 116 valence electrons. The van der Waals surface area contributed by atoms with Crippen molar-refractivity contribution in [2.45, 2.75) is 37.2 Å². The van der Waals surface area contributed by atoms with Crippen molar-refractivity contribution in [1.82, 2.24) is 10.0 Å². The van der Waals surface area contributed by atoms with E-state index < -0.39 is 10.0 Å². The van der Waals surface area contributed by atoms with Gasteiger partial charge in [-0.25, -0.2) is 13.1 Å². The Balaban J connectivity index is 1.92. The Kier molecular flexibility index (Phi) is 5.58. The second-order valence-corrected chi connectivity index (χ2v) is 7.63. The van der Waals surface area contributed by atoms with Crippen LogP contribution < -0.4 is 10.0 Å². The summed E-state index contributed by atoms with van der Waals surface area (Å²) in [5.74, 6) is 0.868. The highest BCUT2D eigenvalue weighted by Gasteiger charge is 2.19. The van der Waals surface area contributed by atoms with Crippen molar-refractivity contribution in [3.8, 4) is 0 Å². The van der Waals surface area contributed by atoms with E-state index in [1.54, 1.807) is 17.7 Å². The van der Waals surface area contributed by atoms with Crippen molar-refractivity contribution < 1.29 is 12.8 Å². The SMILES string of the molecule is CNCc1cc(S(=O)(=O)NC(C)CCc2ccco2)cs1. The van der Waals surface area contributed by atoms with Gasteiger partial charge in [0.2, 0.25) is 10.0 Å². The first-order valence-corrected chi connectivity index (χ1v) is 9.14. The molecule has 0 amide bonds. The standard InChI is InChI=1S/C14H20N2O3S2/c1-11(5-6-12-4-3-7-19-12)16-21(17,18)14-8-13(9-15-2)20-10-14/h3-4,7-8,10-11,15-16H,5-6,9H2,1-2H3. The zero-order chi connectivity index (χ0) is 15.3. The molecule has 0 aliphatic carbocycles. The number of furan rings is 1. The summed E-state index contributed by atoms with van der Waals surface area (Å²) in [4.78, 5) is 1.34. The second-order valence-electron chi connectivity index (χ2n) is 4.92. The Morgan fingerprint density at radius 2 is 2.24 bits per heavy atom. The van der Waals surface area contributed by atoms with Crippen molar-refractivity contribution in [1.29, 1.82) is 0 Å². The number of thiophene rings is 1. The molecule has 7 heteroatoms. The Morgan fingerprint density at radius 1 is 1.43 bits per heavy atom. The summed E-state index contributed by atoms with van der Waals surface area (Å²) >= 11 is 1.44. The molecule has 0 aliphatic heterocycles. The maximum atomic E-state index is 12.3.